The summed E-state index contributed by atoms with van der Waals surface area (Å²) in [6.45, 7) is 0.633. The Balaban J connectivity index is 1.94. The van der Waals surface area contributed by atoms with Crippen LogP contribution in [0.5, 0.6) is 0 Å². The summed E-state index contributed by atoms with van der Waals surface area (Å²) in [4.78, 5) is 12.1. The Labute approximate surface area is 113 Å². The van der Waals surface area contributed by atoms with E-state index in [4.69, 9.17) is 5.73 Å². The molecule has 2 aromatic rings. The van der Waals surface area contributed by atoms with Crippen molar-refractivity contribution in [3.63, 3.8) is 0 Å². The molecule has 2 rings (SSSR count). The van der Waals surface area contributed by atoms with Crippen molar-refractivity contribution < 1.29 is 4.79 Å². The van der Waals surface area contributed by atoms with Crippen LogP contribution in [-0.4, -0.2) is 22.1 Å². The van der Waals surface area contributed by atoms with Gasteiger partial charge in [0.1, 0.15) is 0 Å². The lowest BCUT2D eigenvalue weighted by Gasteiger charge is -2.04. The topological polar surface area (TPSA) is 60.9 Å². The quantitative estimate of drug-likeness (QED) is 0.802. The Hall–Kier alpha value is -1.94. The number of nitrogens with two attached hydrogens (primary N) is 1. The van der Waals surface area contributed by atoms with Crippen LogP contribution in [0, 0.1) is 0 Å². The van der Waals surface area contributed by atoms with Gasteiger partial charge in [-0.05, 0) is 31.0 Å². The third-order valence-corrected chi connectivity index (χ3v) is 3.24. The molecule has 0 spiro atoms. The lowest BCUT2D eigenvalue weighted by molar-refractivity contribution is 0.0982. The number of benzene rings is 1. The van der Waals surface area contributed by atoms with Crippen LogP contribution in [0.15, 0.2) is 36.5 Å². The minimum Gasteiger partial charge on any atom is -0.330 e. The minimum atomic E-state index is 0.167. The first-order valence-electron chi connectivity index (χ1n) is 6.50. The molecule has 0 aliphatic heterocycles. The standard InChI is InChI=1S/C15H19N3O/c1-18-14(9-11-17-18)6-7-15(19)13-4-2-12(3-5-13)8-10-16/h2-5,9,11H,6-8,10,16H2,1H3. The number of rotatable bonds is 6. The Morgan fingerprint density at radius 1 is 1.21 bits per heavy atom. The van der Waals surface area contributed by atoms with Gasteiger partial charge >= 0.3 is 0 Å². The first-order chi connectivity index (χ1) is 9.20. The van der Waals surface area contributed by atoms with Crippen molar-refractivity contribution in [1.29, 1.82) is 0 Å². The van der Waals surface area contributed by atoms with Gasteiger partial charge in [0.2, 0.25) is 0 Å². The highest BCUT2D eigenvalue weighted by molar-refractivity contribution is 5.96. The van der Waals surface area contributed by atoms with Crippen LogP contribution in [0.2, 0.25) is 0 Å². The lowest BCUT2D eigenvalue weighted by Crippen LogP contribution is -2.06. The molecule has 100 valence electrons. The first-order valence-corrected chi connectivity index (χ1v) is 6.50. The summed E-state index contributed by atoms with van der Waals surface area (Å²) in [6.07, 6.45) is 3.83. The first kappa shape index (κ1) is 13.5. The molecule has 0 amide bonds. The van der Waals surface area contributed by atoms with Crippen LogP contribution in [0.25, 0.3) is 0 Å². The van der Waals surface area contributed by atoms with Gasteiger partial charge < -0.3 is 5.73 Å². The van der Waals surface area contributed by atoms with Crippen LogP contribution < -0.4 is 5.73 Å². The zero-order chi connectivity index (χ0) is 13.7. The van der Waals surface area contributed by atoms with Crippen molar-refractivity contribution in [1.82, 2.24) is 9.78 Å². The Morgan fingerprint density at radius 3 is 2.53 bits per heavy atom. The highest BCUT2D eigenvalue weighted by Crippen LogP contribution is 2.10. The molecule has 0 unspecified atom stereocenters. The van der Waals surface area contributed by atoms with Gasteiger partial charge in [0.25, 0.3) is 0 Å². The molecule has 1 aromatic heterocycles. The molecule has 19 heavy (non-hydrogen) atoms. The molecule has 0 radical (unpaired) electrons. The Bertz CT molecular complexity index is 543. The fourth-order valence-corrected chi connectivity index (χ4v) is 2.06. The number of nitrogens with zero attached hydrogens (tertiary/aromatic N) is 2. The molecule has 1 heterocycles. The van der Waals surface area contributed by atoms with E-state index in [-0.39, 0.29) is 5.78 Å². The number of hydrogen-bond acceptors (Lipinski definition) is 3. The maximum absolute atomic E-state index is 12.1. The molecule has 2 N–H and O–H groups in total. The number of Topliss-reactive ketones (excluding diaryl/α,β-unsaturated/α-hetero) is 1. The van der Waals surface area contributed by atoms with Gasteiger partial charge in [-0.15, -0.1) is 0 Å². The molecule has 1 aromatic carbocycles. The fourth-order valence-electron chi connectivity index (χ4n) is 2.06. The number of ketones is 1. The van der Waals surface area contributed by atoms with Gasteiger partial charge in [-0.2, -0.15) is 5.10 Å². The summed E-state index contributed by atoms with van der Waals surface area (Å²) in [5, 5.41) is 4.09. The molecule has 0 atom stereocenters. The van der Waals surface area contributed by atoms with Crippen LogP contribution in [0.4, 0.5) is 0 Å². The van der Waals surface area contributed by atoms with E-state index >= 15 is 0 Å². The summed E-state index contributed by atoms with van der Waals surface area (Å²) < 4.78 is 1.80. The smallest absolute Gasteiger partial charge is 0.163 e. The van der Waals surface area contributed by atoms with Gasteiger partial charge in [0, 0.05) is 30.9 Å². The average Bonchev–Trinajstić information content (AvgIpc) is 2.83. The second-order valence-corrected chi connectivity index (χ2v) is 4.60. The van der Waals surface area contributed by atoms with E-state index in [0.29, 0.717) is 13.0 Å². The van der Waals surface area contributed by atoms with E-state index in [1.54, 1.807) is 10.9 Å². The van der Waals surface area contributed by atoms with Gasteiger partial charge in [-0.3, -0.25) is 9.48 Å². The van der Waals surface area contributed by atoms with Crippen LogP contribution >= 0.6 is 0 Å². The zero-order valence-electron chi connectivity index (χ0n) is 11.2. The van der Waals surface area contributed by atoms with Crippen LogP contribution in [0.3, 0.4) is 0 Å². The van der Waals surface area contributed by atoms with Gasteiger partial charge in [0.05, 0.1) is 0 Å². The van der Waals surface area contributed by atoms with E-state index < -0.39 is 0 Å². The third-order valence-electron chi connectivity index (χ3n) is 3.24. The van der Waals surface area contributed by atoms with Gasteiger partial charge in [-0.25, -0.2) is 0 Å². The fraction of sp³-hybridized carbons (Fsp3) is 0.333. The number of carbonyl (C=O) groups is 1. The Morgan fingerprint density at radius 2 is 1.95 bits per heavy atom. The number of carbonyl (C=O) groups excluding carboxylic acids is 1. The maximum Gasteiger partial charge on any atom is 0.163 e. The largest absolute Gasteiger partial charge is 0.330 e. The lowest BCUT2D eigenvalue weighted by atomic mass is 10.0. The van der Waals surface area contributed by atoms with Gasteiger partial charge in [0.15, 0.2) is 5.78 Å². The predicted octanol–water partition coefficient (Wildman–Crippen LogP) is 1.74. The molecule has 0 saturated heterocycles. The van der Waals surface area contributed by atoms with Crippen molar-refractivity contribution in [2.75, 3.05) is 6.54 Å². The predicted molar refractivity (Wildman–Crippen MR) is 75.1 cm³/mol. The molecule has 0 aliphatic carbocycles. The van der Waals surface area contributed by atoms with Crippen molar-refractivity contribution in [3.05, 3.63) is 53.3 Å². The SMILES string of the molecule is Cn1nccc1CCC(=O)c1ccc(CCN)cc1. The van der Waals surface area contributed by atoms with Crippen molar-refractivity contribution in [2.45, 2.75) is 19.3 Å². The normalized spacial score (nSPS) is 10.6. The summed E-state index contributed by atoms with van der Waals surface area (Å²) >= 11 is 0. The molecule has 4 heteroatoms. The summed E-state index contributed by atoms with van der Waals surface area (Å²) in [6, 6.07) is 9.67. The monoisotopic (exact) mass is 257 g/mol. The number of hydrogen-bond donors (Lipinski definition) is 1. The number of aromatic nitrogens is 2. The highest BCUT2D eigenvalue weighted by atomic mass is 16.1. The van der Waals surface area contributed by atoms with E-state index in [2.05, 4.69) is 5.10 Å². The minimum absolute atomic E-state index is 0.167. The summed E-state index contributed by atoms with van der Waals surface area (Å²) in [7, 11) is 1.89. The molecular weight excluding hydrogens is 238 g/mol. The molecule has 0 bridgehead atoms. The van der Waals surface area contributed by atoms with E-state index in [1.807, 2.05) is 37.4 Å². The average molecular weight is 257 g/mol. The molecule has 0 fully saturated rings. The molecule has 0 aliphatic rings. The zero-order valence-corrected chi connectivity index (χ0v) is 11.2. The van der Waals surface area contributed by atoms with Crippen molar-refractivity contribution >= 4 is 5.78 Å². The second-order valence-electron chi connectivity index (χ2n) is 4.60. The second kappa shape index (κ2) is 6.29. The molecule has 0 saturated carbocycles. The third kappa shape index (κ3) is 3.51. The van der Waals surface area contributed by atoms with Crippen molar-refractivity contribution in [2.24, 2.45) is 12.8 Å². The Kier molecular flexibility index (Phi) is 4.47. The summed E-state index contributed by atoms with van der Waals surface area (Å²) in [5.74, 6) is 0.167. The van der Waals surface area contributed by atoms with Crippen molar-refractivity contribution in [3.8, 4) is 0 Å². The van der Waals surface area contributed by atoms with Crippen LogP contribution in [-0.2, 0) is 19.9 Å². The number of aryl methyl sites for hydroxylation is 2. The van der Waals surface area contributed by atoms with E-state index in [9.17, 15) is 4.79 Å². The summed E-state index contributed by atoms with van der Waals surface area (Å²) in [5.41, 5.74) is 8.51. The molecule has 4 nitrogen and oxygen atoms in total. The maximum atomic E-state index is 12.1. The van der Waals surface area contributed by atoms with Crippen LogP contribution in [0.1, 0.15) is 28.0 Å². The molecular formula is C15H19N3O. The van der Waals surface area contributed by atoms with Gasteiger partial charge in [-0.1, -0.05) is 24.3 Å². The highest BCUT2D eigenvalue weighted by Gasteiger charge is 2.07. The van der Waals surface area contributed by atoms with E-state index in [1.165, 1.54) is 5.56 Å². The van der Waals surface area contributed by atoms with E-state index in [0.717, 1.165) is 24.1 Å².